The summed E-state index contributed by atoms with van der Waals surface area (Å²) in [4.78, 5) is 33.9. The number of rotatable bonds is 10. The minimum Gasteiger partial charge on any atom is -0.333 e. The summed E-state index contributed by atoms with van der Waals surface area (Å²) < 4.78 is 1.73. The molecule has 1 atom stereocenters. The minimum atomic E-state index is -0.330. The molecule has 3 aromatic rings. The molecule has 5 nitrogen and oxygen atoms in total. The highest BCUT2D eigenvalue weighted by Gasteiger charge is 2.27. The molecule has 1 amide bonds. The van der Waals surface area contributed by atoms with Crippen LogP contribution in [0.15, 0.2) is 53.3 Å². The van der Waals surface area contributed by atoms with E-state index < -0.39 is 0 Å². The van der Waals surface area contributed by atoms with E-state index in [0.29, 0.717) is 35.6 Å². The van der Waals surface area contributed by atoms with Gasteiger partial charge in [0.15, 0.2) is 0 Å². The van der Waals surface area contributed by atoms with Crippen molar-refractivity contribution in [2.24, 2.45) is 5.92 Å². The lowest BCUT2D eigenvalue weighted by Crippen LogP contribution is -2.39. The van der Waals surface area contributed by atoms with Crippen LogP contribution in [0.2, 0.25) is 0 Å². The molecular weight excluding hydrogens is 410 g/mol. The summed E-state index contributed by atoms with van der Waals surface area (Å²) in [5.74, 6) is 1.05. The van der Waals surface area contributed by atoms with E-state index in [1.54, 1.807) is 4.57 Å². The smallest absolute Gasteiger partial charge is 0.266 e. The van der Waals surface area contributed by atoms with E-state index in [0.717, 1.165) is 36.9 Å². The van der Waals surface area contributed by atoms with Crippen LogP contribution >= 0.6 is 0 Å². The standard InChI is InChI=1S/C28H37N3O2/c1-6-8-9-18-26(32)30(19-20(3)4)21(5)27-29-24-16-12-11-15-23(24)28(33)31(27)25-17-13-10-14-22(25)7-2/h10-17,20-21H,6-9,18-19H2,1-5H3. The molecule has 0 aliphatic heterocycles. The molecule has 0 bridgehead atoms. The van der Waals surface area contributed by atoms with Crippen LogP contribution in [0.1, 0.15) is 77.7 Å². The number of nitrogens with zero attached hydrogens (tertiary/aromatic N) is 3. The van der Waals surface area contributed by atoms with Gasteiger partial charge in [0.2, 0.25) is 5.91 Å². The number of hydrogen-bond acceptors (Lipinski definition) is 3. The lowest BCUT2D eigenvalue weighted by atomic mass is 10.1. The number of unbranched alkanes of at least 4 members (excludes halogenated alkanes) is 2. The fraction of sp³-hybridized carbons (Fsp3) is 0.464. The third-order valence-electron chi connectivity index (χ3n) is 6.13. The third-order valence-corrected chi connectivity index (χ3v) is 6.13. The van der Waals surface area contributed by atoms with Crippen molar-refractivity contribution < 1.29 is 4.79 Å². The molecule has 0 spiro atoms. The normalized spacial score (nSPS) is 12.3. The molecule has 0 aliphatic rings. The summed E-state index contributed by atoms with van der Waals surface area (Å²) >= 11 is 0. The Morgan fingerprint density at radius 3 is 2.39 bits per heavy atom. The number of aromatic nitrogens is 2. The van der Waals surface area contributed by atoms with Gasteiger partial charge < -0.3 is 4.90 Å². The second kappa shape index (κ2) is 11.3. The predicted molar refractivity (Wildman–Crippen MR) is 136 cm³/mol. The van der Waals surface area contributed by atoms with E-state index in [9.17, 15) is 9.59 Å². The zero-order valence-corrected chi connectivity index (χ0v) is 20.7. The quantitative estimate of drug-likeness (QED) is 0.354. The molecule has 5 heteroatoms. The molecular formula is C28H37N3O2. The highest BCUT2D eigenvalue weighted by atomic mass is 16.2. The summed E-state index contributed by atoms with van der Waals surface area (Å²) in [5.41, 5.74) is 2.49. The molecule has 0 radical (unpaired) electrons. The van der Waals surface area contributed by atoms with E-state index >= 15 is 0 Å². The number of fused-ring (bicyclic) bond motifs is 1. The Balaban J connectivity index is 2.20. The molecule has 1 heterocycles. The van der Waals surface area contributed by atoms with Gasteiger partial charge in [-0.15, -0.1) is 0 Å². The maximum atomic E-state index is 13.8. The van der Waals surface area contributed by atoms with Gasteiger partial charge in [0.1, 0.15) is 5.82 Å². The summed E-state index contributed by atoms with van der Waals surface area (Å²) in [6.45, 7) is 11.1. The molecule has 0 N–H and O–H groups in total. The number of carbonyl (C=O) groups is 1. The van der Waals surface area contributed by atoms with Crippen LogP contribution in [0, 0.1) is 5.92 Å². The van der Waals surface area contributed by atoms with Gasteiger partial charge in [-0.1, -0.05) is 70.9 Å². The van der Waals surface area contributed by atoms with E-state index in [1.165, 1.54) is 0 Å². The molecule has 1 unspecified atom stereocenters. The first-order valence-electron chi connectivity index (χ1n) is 12.3. The zero-order chi connectivity index (χ0) is 24.0. The van der Waals surface area contributed by atoms with Crippen molar-refractivity contribution in [3.05, 3.63) is 70.3 Å². The Morgan fingerprint density at radius 1 is 1.00 bits per heavy atom. The van der Waals surface area contributed by atoms with Crippen LogP contribution in [-0.4, -0.2) is 26.9 Å². The van der Waals surface area contributed by atoms with Crippen molar-refractivity contribution in [3.63, 3.8) is 0 Å². The van der Waals surface area contributed by atoms with E-state index in [1.807, 2.05) is 60.4 Å². The third kappa shape index (κ3) is 5.52. The highest BCUT2D eigenvalue weighted by molar-refractivity contribution is 5.79. The molecule has 0 saturated carbocycles. The molecule has 3 rings (SSSR count). The van der Waals surface area contributed by atoms with Crippen molar-refractivity contribution in [1.29, 1.82) is 0 Å². The van der Waals surface area contributed by atoms with Gasteiger partial charge in [0, 0.05) is 13.0 Å². The lowest BCUT2D eigenvalue weighted by Gasteiger charge is -2.32. The van der Waals surface area contributed by atoms with Crippen LogP contribution in [0.4, 0.5) is 0 Å². The Labute approximate surface area is 197 Å². The fourth-order valence-electron chi connectivity index (χ4n) is 4.37. The first kappa shape index (κ1) is 24.7. The van der Waals surface area contributed by atoms with Gasteiger partial charge in [-0.2, -0.15) is 0 Å². The van der Waals surface area contributed by atoms with Gasteiger partial charge in [0.25, 0.3) is 5.56 Å². The van der Waals surface area contributed by atoms with E-state index in [2.05, 4.69) is 27.7 Å². The van der Waals surface area contributed by atoms with Gasteiger partial charge in [-0.3, -0.25) is 14.2 Å². The maximum Gasteiger partial charge on any atom is 0.266 e. The number of benzene rings is 2. The van der Waals surface area contributed by atoms with Gasteiger partial charge >= 0.3 is 0 Å². The van der Waals surface area contributed by atoms with Gasteiger partial charge in [-0.05, 0) is 49.4 Å². The highest BCUT2D eigenvalue weighted by Crippen LogP contribution is 2.26. The molecule has 2 aromatic carbocycles. The van der Waals surface area contributed by atoms with Crippen LogP contribution in [0.3, 0.4) is 0 Å². The topological polar surface area (TPSA) is 55.2 Å². The Bertz CT molecular complexity index is 1150. The molecule has 0 aliphatic carbocycles. The lowest BCUT2D eigenvalue weighted by molar-refractivity contribution is -0.134. The monoisotopic (exact) mass is 447 g/mol. The fourth-order valence-corrected chi connectivity index (χ4v) is 4.37. The minimum absolute atomic E-state index is 0.0914. The Kier molecular flexibility index (Phi) is 8.43. The van der Waals surface area contributed by atoms with Crippen molar-refractivity contribution in [2.45, 2.75) is 72.8 Å². The number of aryl methyl sites for hydroxylation is 1. The molecule has 0 saturated heterocycles. The van der Waals surface area contributed by atoms with Gasteiger partial charge in [-0.25, -0.2) is 4.98 Å². The molecule has 176 valence electrons. The van der Waals surface area contributed by atoms with Crippen LogP contribution in [0.25, 0.3) is 16.6 Å². The van der Waals surface area contributed by atoms with Crippen molar-refractivity contribution in [3.8, 4) is 5.69 Å². The molecule has 1 aromatic heterocycles. The second-order valence-electron chi connectivity index (χ2n) is 9.18. The number of para-hydroxylation sites is 2. The van der Waals surface area contributed by atoms with Crippen LogP contribution in [-0.2, 0) is 11.2 Å². The number of amides is 1. The average molecular weight is 448 g/mol. The predicted octanol–water partition coefficient (Wildman–Crippen LogP) is 6.07. The number of carbonyl (C=O) groups excluding carboxylic acids is 1. The zero-order valence-electron chi connectivity index (χ0n) is 20.7. The largest absolute Gasteiger partial charge is 0.333 e. The summed E-state index contributed by atoms with van der Waals surface area (Å²) in [5, 5.41) is 0.587. The van der Waals surface area contributed by atoms with Gasteiger partial charge in [0.05, 0.1) is 22.6 Å². The van der Waals surface area contributed by atoms with Crippen LogP contribution in [0.5, 0.6) is 0 Å². The Hall–Kier alpha value is -2.95. The second-order valence-corrected chi connectivity index (χ2v) is 9.18. The summed E-state index contributed by atoms with van der Waals surface area (Å²) in [6, 6.07) is 15.1. The number of hydrogen-bond donors (Lipinski definition) is 0. The first-order chi connectivity index (χ1) is 15.9. The SMILES string of the molecule is CCCCCC(=O)N(CC(C)C)C(C)c1nc2ccccc2c(=O)n1-c1ccccc1CC. The van der Waals surface area contributed by atoms with Crippen molar-refractivity contribution in [2.75, 3.05) is 6.54 Å². The van der Waals surface area contributed by atoms with Crippen LogP contribution < -0.4 is 5.56 Å². The van der Waals surface area contributed by atoms with E-state index in [-0.39, 0.29) is 17.5 Å². The van der Waals surface area contributed by atoms with E-state index in [4.69, 9.17) is 4.98 Å². The summed E-state index contributed by atoms with van der Waals surface area (Å²) in [6.07, 6.45) is 4.32. The van der Waals surface area contributed by atoms with Crippen molar-refractivity contribution in [1.82, 2.24) is 14.5 Å². The average Bonchev–Trinajstić information content (AvgIpc) is 2.82. The maximum absolute atomic E-state index is 13.8. The summed E-state index contributed by atoms with van der Waals surface area (Å²) in [7, 11) is 0. The van der Waals surface area contributed by atoms with Crippen molar-refractivity contribution >= 4 is 16.8 Å². The molecule has 0 fully saturated rings. The Morgan fingerprint density at radius 2 is 1.70 bits per heavy atom. The first-order valence-corrected chi connectivity index (χ1v) is 12.3. The molecule has 33 heavy (non-hydrogen) atoms.